The van der Waals surface area contributed by atoms with Gasteiger partial charge in [0.2, 0.25) is 11.8 Å². The van der Waals surface area contributed by atoms with Crippen LogP contribution in [0.5, 0.6) is 11.8 Å². The van der Waals surface area contributed by atoms with Crippen molar-refractivity contribution >= 4 is 17.1 Å². The van der Waals surface area contributed by atoms with Gasteiger partial charge in [-0.05, 0) is 18.9 Å². The zero-order valence-corrected chi connectivity index (χ0v) is 17.2. The number of fused-ring (bicyclic) bond motifs is 1. The van der Waals surface area contributed by atoms with E-state index in [4.69, 9.17) is 9.47 Å². The number of alkyl halides is 3. The van der Waals surface area contributed by atoms with Crippen LogP contribution in [0, 0.1) is 0 Å². The van der Waals surface area contributed by atoms with Gasteiger partial charge in [-0.1, -0.05) is 0 Å². The molecule has 0 aromatic carbocycles. The number of methoxy groups -OCH3 is 2. The lowest BCUT2D eigenvalue weighted by atomic mass is 10.2. The first-order valence-corrected chi connectivity index (χ1v) is 9.64. The average Bonchev–Trinajstić information content (AvgIpc) is 3.40. The van der Waals surface area contributed by atoms with Gasteiger partial charge in [0.15, 0.2) is 5.65 Å². The molecule has 32 heavy (non-hydrogen) atoms. The normalized spacial score (nSPS) is 14.9. The molecule has 2 N–H and O–H groups in total. The lowest BCUT2D eigenvalue weighted by molar-refractivity contribution is -0.137. The first kappa shape index (κ1) is 21.8. The van der Waals surface area contributed by atoms with E-state index in [0.29, 0.717) is 19.0 Å². The van der Waals surface area contributed by atoms with E-state index in [2.05, 4.69) is 20.3 Å². The van der Waals surface area contributed by atoms with Crippen LogP contribution in [0.25, 0.3) is 11.2 Å². The molecule has 3 aromatic rings. The number of ether oxygens (including phenoxy) is 2. The Labute approximate surface area is 180 Å². The number of carbonyl (C=O) groups is 1. The molecular weight excluding hydrogens is 431 g/mol. The molecule has 0 radical (unpaired) electrons. The van der Waals surface area contributed by atoms with Crippen molar-refractivity contribution in [2.75, 3.05) is 20.8 Å². The van der Waals surface area contributed by atoms with Gasteiger partial charge in [0, 0.05) is 24.5 Å². The smallest absolute Gasteiger partial charge is 0.417 e. The largest absolute Gasteiger partial charge is 0.481 e. The Morgan fingerprint density at radius 3 is 2.62 bits per heavy atom. The molecular formula is C20H20F3N5O4. The summed E-state index contributed by atoms with van der Waals surface area (Å²) in [6.45, 7) is -0.0247. The van der Waals surface area contributed by atoms with Gasteiger partial charge < -0.3 is 24.5 Å². The summed E-state index contributed by atoms with van der Waals surface area (Å²) in [5, 5.41) is 12.6. The molecule has 170 valence electrons. The minimum absolute atomic E-state index is 0.0117. The number of rotatable bonds is 7. The fourth-order valence-electron chi connectivity index (χ4n) is 3.21. The van der Waals surface area contributed by atoms with Crippen molar-refractivity contribution in [1.29, 1.82) is 0 Å². The first-order valence-electron chi connectivity index (χ1n) is 9.64. The van der Waals surface area contributed by atoms with E-state index in [9.17, 15) is 23.1 Å². The minimum atomic E-state index is -4.58. The van der Waals surface area contributed by atoms with Crippen LogP contribution < -0.4 is 14.8 Å². The van der Waals surface area contributed by atoms with Crippen molar-refractivity contribution in [2.45, 2.75) is 31.2 Å². The van der Waals surface area contributed by atoms with Crippen LogP contribution >= 0.6 is 0 Å². The van der Waals surface area contributed by atoms with Crippen LogP contribution in [0.2, 0.25) is 0 Å². The van der Waals surface area contributed by atoms with Crippen molar-refractivity contribution in [3.05, 3.63) is 41.3 Å². The van der Waals surface area contributed by atoms with E-state index >= 15 is 0 Å². The second-order valence-electron chi connectivity index (χ2n) is 7.55. The third-order valence-corrected chi connectivity index (χ3v) is 5.19. The average molecular weight is 451 g/mol. The summed E-state index contributed by atoms with van der Waals surface area (Å²) in [5.41, 5.74) is -1.03. The number of carbonyl (C=O) groups excluding carboxylic acids is 1. The summed E-state index contributed by atoms with van der Waals surface area (Å²) in [7, 11) is 2.70. The van der Waals surface area contributed by atoms with Crippen molar-refractivity contribution in [1.82, 2.24) is 24.8 Å². The second kappa shape index (κ2) is 7.93. The first-order chi connectivity index (χ1) is 15.1. The molecule has 1 aliphatic rings. The molecule has 1 fully saturated rings. The molecule has 3 heterocycles. The summed E-state index contributed by atoms with van der Waals surface area (Å²) in [5.74, 6) is -0.300. The Kier molecular flexibility index (Phi) is 5.41. The van der Waals surface area contributed by atoms with Crippen LogP contribution in [-0.4, -0.2) is 56.9 Å². The van der Waals surface area contributed by atoms with Crippen molar-refractivity contribution in [3.8, 4) is 11.8 Å². The van der Waals surface area contributed by atoms with Crippen LogP contribution in [0.15, 0.2) is 24.7 Å². The summed E-state index contributed by atoms with van der Waals surface area (Å²) in [6, 6.07) is 0.938. The van der Waals surface area contributed by atoms with Crippen LogP contribution in [0.1, 0.15) is 34.3 Å². The Bertz CT molecular complexity index is 1170. The third-order valence-electron chi connectivity index (χ3n) is 5.19. The number of halogens is 3. The monoisotopic (exact) mass is 451 g/mol. The van der Waals surface area contributed by atoms with E-state index in [1.54, 1.807) is 0 Å². The lowest BCUT2D eigenvalue weighted by Crippen LogP contribution is -2.33. The van der Waals surface area contributed by atoms with Gasteiger partial charge >= 0.3 is 6.18 Å². The number of aromatic nitrogens is 4. The molecule has 12 heteroatoms. The van der Waals surface area contributed by atoms with Crippen LogP contribution in [-0.2, 0) is 12.7 Å². The Hall–Kier alpha value is -3.41. The minimum Gasteiger partial charge on any atom is -0.481 e. The Balaban J connectivity index is 1.74. The maximum atomic E-state index is 13.2. The van der Waals surface area contributed by atoms with Crippen molar-refractivity contribution in [3.63, 3.8) is 0 Å². The Morgan fingerprint density at radius 1 is 1.25 bits per heavy atom. The number of amides is 1. The molecule has 0 atom stereocenters. The van der Waals surface area contributed by atoms with Crippen molar-refractivity contribution < 1.29 is 32.5 Å². The van der Waals surface area contributed by atoms with E-state index < -0.39 is 23.2 Å². The molecule has 0 unspecified atom stereocenters. The molecule has 1 amide bonds. The molecule has 1 aliphatic carbocycles. The lowest BCUT2D eigenvalue weighted by Gasteiger charge is -2.13. The third kappa shape index (κ3) is 4.31. The molecule has 4 rings (SSSR count). The number of aliphatic hydroxyl groups is 1. The van der Waals surface area contributed by atoms with Gasteiger partial charge in [-0.15, -0.1) is 0 Å². The fraction of sp³-hybridized carbons (Fsp3) is 0.400. The molecule has 0 spiro atoms. The van der Waals surface area contributed by atoms with E-state index in [0.717, 1.165) is 6.07 Å². The summed E-state index contributed by atoms with van der Waals surface area (Å²) in [6.07, 6.45) is 0.105. The Morgan fingerprint density at radius 2 is 2.00 bits per heavy atom. The predicted octanol–water partition coefficient (Wildman–Crippen LogP) is 2.17. The fourth-order valence-corrected chi connectivity index (χ4v) is 3.21. The van der Waals surface area contributed by atoms with Gasteiger partial charge in [0.25, 0.3) is 5.91 Å². The summed E-state index contributed by atoms with van der Waals surface area (Å²) < 4.78 is 51.3. The highest BCUT2D eigenvalue weighted by atomic mass is 19.4. The standard InChI is InChI=1S/C20H20F3N5O4/c1-31-14-7-24-15-13(17(29)26-10-19(30)3-4-19)9-28(16(15)27-14)8-11-5-12(20(21,22)23)6-25-18(11)32-2/h5-7,9,30H,3-4,8,10H2,1-2H3,(H,26,29). The predicted molar refractivity (Wildman–Crippen MR) is 105 cm³/mol. The summed E-state index contributed by atoms with van der Waals surface area (Å²) in [4.78, 5) is 25.0. The van der Waals surface area contributed by atoms with E-state index in [1.807, 2.05) is 0 Å². The number of hydrogen-bond donors (Lipinski definition) is 2. The van der Waals surface area contributed by atoms with E-state index in [-0.39, 0.29) is 47.1 Å². The van der Waals surface area contributed by atoms with E-state index in [1.165, 1.54) is 31.2 Å². The maximum Gasteiger partial charge on any atom is 0.417 e. The summed E-state index contributed by atoms with van der Waals surface area (Å²) >= 11 is 0. The SMILES string of the molecule is COc1cnc2c(C(=O)NCC3(O)CC3)cn(Cc3cc(C(F)(F)F)cnc3OC)c2n1. The quantitative estimate of drug-likeness (QED) is 0.566. The van der Waals surface area contributed by atoms with Gasteiger partial charge in [-0.25, -0.2) is 9.97 Å². The number of pyridine rings is 1. The number of nitrogens with one attached hydrogen (secondary N) is 1. The zero-order chi connectivity index (χ0) is 23.1. The highest BCUT2D eigenvalue weighted by Gasteiger charge is 2.40. The molecule has 3 aromatic heterocycles. The highest BCUT2D eigenvalue weighted by Crippen LogP contribution is 2.34. The topological polar surface area (TPSA) is 111 Å². The van der Waals surface area contributed by atoms with Crippen LogP contribution in [0.4, 0.5) is 13.2 Å². The van der Waals surface area contributed by atoms with Crippen molar-refractivity contribution in [2.24, 2.45) is 0 Å². The van der Waals surface area contributed by atoms with Gasteiger partial charge in [0.1, 0.15) is 5.52 Å². The molecule has 0 aliphatic heterocycles. The molecule has 1 saturated carbocycles. The maximum absolute atomic E-state index is 13.2. The van der Waals surface area contributed by atoms with Gasteiger partial charge in [0.05, 0.1) is 43.7 Å². The number of nitrogens with zero attached hydrogens (tertiary/aromatic N) is 4. The van der Waals surface area contributed by atoms with Crippen LogP contribution in [0.3, 0.4) is 0 Å². The second-order valence-corrected chi connectivity index (χ2v) is 7.55. The van der Waals surface area contributed by atoms with Gasteiger partial charge in [-0.2, -0.15) is 18.2 Å². The molecule has 0 saturated heterocycles. The zero-order valence-electron chi connectivity index (χ0n) is 17.2. The van der Waals surface area contributed by atoms with Gasteiger partial charge in [-0.3, -0.25) is 4.79 Å². The number of hydrogen-bond acceptors (Lipinski definition) is 7. The molecule has 9 nitrogen and oxygen atoms in total. The molecule has 0 bridgehead atoms. The highest BCUT2D eigenvalue weighted by molar-refractivity contribution is 6.04.